The molecule has 2 aliphatic rings. The smallest absolute Gasteiger partial charge is 0.258 e. The van der Waals surface area contributed by atoms with Crippen molar-refractivity contribution in [2.24, 2.45) is 0 Å². The van der Waals surface area contributed by atoms with Gasteiger partial charge in [-0.1, -0.05) is 49.2 Å². The Morgan fingerprint density at radius 3 is 2.55 bits per heavy atom. The van der Waals surface area contributed by atoms with E-state index in [1.807, 2.05) is 30.3 Å². The molecule has 1 N–H and O–H groups in total. The van der Waals surface area contributed by atoms with E-state index in [9.17, 15) is 4.79 Å². The minimum absolute atomic E-state index is 0.0657. The summed E-state index contributed by atoms with van der Waals surface area (Å²) >= 11 is 5.65. The Morgan fingerprint density at radius 1 is 1.10 bits per heavy atom. The van der Waals surface area contributed by atoms with Crippen LogP contribution in [0.4, 0.5) is 0 Å². The van der Waals surface area contributed by atoms with Gasteiger partial charge in [0, 0.05) is 16.5 Å². The molecule has 3 aromatic rings. The van der Waals surface area contributed by atoms with E-state index < -0.39 is 0 Å². The number of benzene rings is 2. The standard InChI is InChI=1S/C24H24N2O2S/c1-28-18-10-8-16(9-11-18)15-26-22(27)20-21(25-23(26)29)19-7-3-2-6-17(19)14-24(20)12-4-5-13-24/h2-3,6-11H,4-5,12-15H2,1H3,(H,25,29). The van der Waals surface area contributed by atoms with Crippen molar-refractivity contribution in [1.82, 2.24) is 9.55 Å². The Kier molecular flexibility index (Phi) is 4.43. The van der Waals surface area contributed by atoms with Crippen LogP contribution >= 0.6 is 12.2 Å². The maximum absolute atomic E-state index is 13.8. The summed E-state index contributed by atoms with van der Waals surface area (Å²) in [4.78, 5) is 17.2. The van der Waals surface area contributed by atoms with Gasteiger partial charge in [0.25, 0.3) is 5.56 Å². The molecule has 1 heterocycles. The lowest BCUT2D eigenvalue weighted by molar-refractivity contribution is 0.414. The van der Waals surface area contributed by atoms with Gasteiger partial charge >= 0.3 is 0 Å². The highest BCUT2D eigenvalue weighted by molar-refractivity contribution is 7.71. The molecular formula is C24H24N2O2S. The number of ether oxygens (including phenoxy) is 1. The zero-order valence-electron chi connectivity index (χ0n) is 16.5. The van der Waals surface area contributed by atoms with Crippen LogP contribution in [0.2, 0.25) is 0 Å². The highest BCUT2D eigenvalue weighted by Gasteiger charge is 2.43. The van der Waals surface area contributed by atoms with Gasteiger partial charge in [0.1, 0.15) is 5.75 Å². The summed E-state index contributed by atoms with van der Waals surface area (Å²) in [6, 6.07) is 16.2. The molecule has 1 spiro atoms. The number of hydrogen-bond acceptors (Lipinski definition) is 3. The molecule has 148 valence electrons. The molecular weight excluding hydrogens is 380 g/mol. The van der Waals surface area contributed by atoms with Gasteiger partial charge in [0.2, 0.25) is 0 Å². The number of hydrogen-bond donors (Lipinski definition) is 1. The molecule has 0 amide bonds. The van der Waals surface area contributed by atoms with E-state index in [0.29, 0.717) is 11.3 Å². The van der Waals surface area contributed by atoms with E-state index >= 15 is 0 Å². The normalized spacial score (nSPS) is 16.4. The maximum Gasteiger partial charge on any atom is 0.258 e. The van der Waals surface area contributed by atoms with Crippen LogP contribution < -0.4 is 10.3 Å². The van der Waals surface area contributed by atoms with Crippen molar-refractivity contribution in [3.05, 3.63) is 80.3 Å². The summed E-state index contributed by atoms with van der Waals surface area (Å²) in [5.41, 5.74) is 5.35. The van der Waals surface area contributed by atoms with Gasteiger partial charge in [-0.25, -0.2) is 0 Å². The first kappa shape index (κ1) is 18.4. The molecule has 0 aliphatic heterocycles. The fraction of sp³-hybridized carbons (Fsp3) is 0.333. The van der Waals surface area contributed by atoms with Crippen LogP contribution in [-0.2, 0) is 18.4 Å². The summed E-state index contributed by atoms with van der Waals surface area (Å²) in [6.45, 7) is 0.461. The predicted molar refractivity (Wildman–Crippen MR) is 117 cm³/mol. The zero-order valence-corrected chi connectivity index (χ0v) is 17.3. The summed E-state index contributed by atoms with van der Waals surface area (Å²) in [6.07, 6.45) is 5.43. The first-order valence-corrected chi connectivity index (χ1v) is 10.6. The van der Waals surface area contributed by atoms with Crippen molar-refractivity contribution in [3.8, 4) is 17.0 Å². The van der Waals surface area contributed by atoms with Crippen LogP contribution in [0, 0.1) is 4.77 Å². The molecule has 2 aliphatic carbocycles. The molecule has 0 unspecified atom stereocenters. The molecule has 1 fully saturated rings. The Labute approximate surface area is 175 Å². The van der Waals surface area contributed by atoms with Crippen molar-refractivity contribution in [2.45, 2.75) is 44.1 Å². The number of H-pyrrole nitrogens is 1. The van der Waals surface area contributed by atoms with E-state index in [4.69, 9.17) is 17.0 Å². The van der Waals surface area contributed by atoms with Crippen LogP contribution in [0.25, 0.3) is 11.3 Å². The molecule has 1 aromatic heterocycles. The van der Waals surface area contributed by atoms with Crippen molar-refractivity contribution in [2.75, 3.05) is 7.11 Å². The third kappa shape index (κ3) is 2.96. The van der Waals surface area contributed by atoms with Crippen LogP contribution in [0.5, 0.6) is 5.75 Å². The van der Waals surface area contributed by atoms with Gasteiger partial charge in [-0.3, -0.25) is 9.36 Å². The Balaban J connectivity index is 1.69. The lowest BCUT2D eigenvalue weighted by Gasteiger charge is -2.36. The quantitative estimate of drug-likeness (QED) is 0.625. The van der Waals surface area contributed by atoms with E-state index in [1.165, 1.54) is 18.4 Å². The lowest BCUT2D eigenvalue weighted by Crippen LogP contribution is -2.40. The average Bonchev–Trinajstić information content (AvgIpc) is 3.19. The van der Waals surface area contributed by atoms with Crippen molar-refractivity contribution in [1.29, 1.82) is 0 Å². The van der Waals surface area contributed by atoms with E-state index in [2.05, 4.69) is 23.2 Å². The van der Waals surface area contributed by atoms with E-state index in [0.717, 1.165) is 47.4 Å². The summed E-state index contributed by atoms with van der Waals surface area (Å²) in [5, 5.41) is 0. The lowest BCUT2D eigenvalue weighted by atomic mass is 9.68. The topological polar surface area (TPSA) is 47.0 Å². The Hall–Kier alpha value is -2.66. The zero-order chi connectivity index (χ0) is 20.0. The Morgan fingerprint density at radius 2 is 1.83 bits per heavy atom. The van der Waals surface area contributed by atoms with E-state index in [1.54, 1.807) is 11.7 Å². The number of aromatic amines is 1. The third-order valence-electron chi connectivity index (χ3n) is 6.59. The largest absolute Gasteiger partial charge is 0.497 e. The van der Waals surface area contributed by atoms with Gasteiger partial charge in [-0.05, 0) is 54.7 Å². The van der Waals surface area contributed by atoms with Crippen LogP contribution in [0.15, 0.2) is 53.3 Å². The number of rotatable bonds is 3. The van der Waals surface area contributed by atoms with Crippen LogP contribution in [0.3, 0.4) is 0 Å². The van der Waals surface area contributed by atoms with Gasteiger partial charge in [0.05, 0.1) is 19.3 Å². The Bertz CT molecular complexity index is 1180. The second-order valence-corrected chi connectivity index (χ2v) is 8.63. The van der Waals surface area contributed by atoms with E-state index in [-0.39, 0.29) is 11.0 Å². The van der Waals surface area contributed by atoms with Gasteiger partial charge in [0.15, 0.2) is 4.77 Å². The fourth-order valence-electron chi connectivity index (χ4n) is 5.17. The second-order valence-electron chi connectivity index (χ2n) is 8.24. The summed E-state index contributed by atoms with van der Waals surface area (Å²) < 4.78 is 7.45. The molecule has 2 aromatic carbocycles. The fourth-order valence-corrected chi connectivity index (χ4v) is 5.42. The molecule has 4 nitrogen and oxygen atoms in total. The van der Waals surface area contributed by atoms with Crippen molar-refractivity contribution >= 4 is 12.2 Å². The molecule has 0 saturated heterocycles. The van der Waals surface area contributed by atoms with Crippen molar-refractivity contribution < 1.29 is 4.74 Å². The van der Waals surface area contributed by atoms with Gasteiger partial charge < -0.3 is 9.72 Å². The predicted octanol–water partition coefficient (Wildman–Crippen LogP) is 5.00. The number of fused-ring (bicyclic) bond motifs is 4. The number of nitrogens with one attached hydrogen (secondary N) is 1. The average molecular weight is 405 g/mol. The third-order valence-corrected chi connectivity index (χ3v) is 6.91. The molecule has 5 heteroatoms. The molecule has 29 heavy (non-hydrogen) atoms. The summed E-state index contributed by atoms with van der Waals surface area (Å²) in [5.74, 6) is 0.804. The number of methoxy groups -OCH3 is 1. The molecule has 0 bridgehead atoms. The monoisotopic (exact) mass is 404 g/mol. The highest BCUT2D eigenvalue weighted by atomic mass is 32.1. The highest BCUT2D eigenvalue weighted by Crippen LogP contribution is 2.49. The first-order valence-electron chi connectivity index (χ1n) is 10.2. The van der Waals surface area contributed by atoms with Gasteiger partial charge in [-0.15, -0.1) is 0 Å². The van der Waals surface area contributed by atoms with Gasteiger partial charge in [-0.2, -0.15) is 0 Å². The molecule has 1 saturated carbocycles. The SMILES string of the molecule is COc1ccc(Cn2c(=S)[nH]c3c(c2=O)C2(CCCC2)Cc2ccccc2-3)cc1. The van der Waals surface area contributed by atoms with Crippen LogP contribution in [-0.4, -0.2) is 16.7 Å². The molecule has 5 rings (SSSR count). The molecule has 0 radical (unpaired) electrons. The first-order chi connectivity index (χ1) is 14.1. The number of nitrogens with zero attached hydrogens (tertiary/aromatic N) is 1. The second kappa shape index (κ2) is 6.99. The minimum Gasteiger partial charge on any atom is -0.497 e. The maximum atomic E-state index is 13.8. The summed E-state index contributed by atoms with van der Waals surface area (Å²) in [7, 11) is 1.65. The van der Waals surface area contributed by atoms with Crippen LogP contribution in [0.1, 0.15) is 42.4 Å². The minimum atomic E-state index is -0.0675. The van der Waals surface area contributed by atoms with Crippen molar-refractivity contribution in [3.63, 3.8) is 0 Å². The number of aromatic nitrogens is 2. The molecule has 0 atom stereocenters.